The van der Waals surface area contributed by atoms with Gasteiger partial charge in [0, 0.05) is 13.6 Å². The molecule has 3 nitrogen and oxygen atoms in total. The number of carbonyl (C=O) groups excluding carboxylic acids is 1. The Morgan fingerprint density at radius 1 is 1.62 bits per heavy atom. The Hall–Kier alpha value is -0.870. The molecule has 16 heavy (non-hydrogen) atoms. The quantitative estimate of drug-likeness (QED) is 0.858. The lowest BCUT2D eigenvalue weighted by Gasteiger charge is -2.17. The summed E-state index contributed by atoms with van der Waals surface area (Å²) in [5.74, 6) is 0.0625. The van der Waals surface area contributed by atoms with E-state index >= 15 is 0 Å². The average Bonchev–Trinajstić information content (AvgIpc) is 2.72. The summed E-state index contributed by atoms with van der Waals surface area (Å²) in [6, 6.07) is 2.00. The van der Waals surface area contributed by atoms with Crippen molar-refractivity contribution in [2.45, 2.75) is 32.8 Å². The van der Waals surface area contributed by atoms with Gasteiger partial charge in [0.05, 0.1) is 11.0 Å². The smallest absolute Gasteiger partial charge is 0.263 e. The van der Waals surface area contributed by atoms with Crippen molar-refractivity contribution in [3.05, 3.63) is 21.9 Å². The highest BCUT2D eigenvalue weighted by Gasteiger charge is 2.16. The van der Waals surface area contributed by atoms with Crippen molar-refractivity contribution in [2.24, 2.45) is 0 Å². The van der Waals surface area contributed by atoms with Crippen molar-refractivity contribution >= 4 is 17.2 Å². The summed E-state index contributed by atoms with van der Waals surface area (Å²) in [6.45, 7) is 4.38. The summed E-state index contributed by atoms with van der Waals surface area (Å²) in [4.78, 5) is 14.6. The number of hydrogen-bond donors (Lipinski definition) is 1. The van der Waals surface area contributed by atoms with Crippen LogP contribution in [0.15, 0.2) is 11.4 Å². The van der Waals surface area contributed by atoms with E-state index in [-0.39, 0.29) is 12.0 Å². The SMILES string of the molecule is CCc1ccsc1C(=O)N(C)CCC(C)O. The van der Waals surface area contributed by atoms with E-state index in [1.165, 1.54) is 11.3 Å². The van der Waals surface area contributed by atoms with Gasteiger partial charge in [-0.3, -0.25) is 4.79 Å². The standard InChI is InChI=1S/C12H19NO2S/c1-4-10-6-8-16-11(10)12(15)13(3)7-5-9(2)14/h6,8-9,14H,4-5,7H2,1-3H3. The van der Waals surface area contributed by atoms with Crippen molar-refractivity contribution in [3.63, 3.8) is 0 Å². The molecule has 4 heteroatoms. The third kappa shape index (κ3) is 3.32. The van der Waals surface area contributed by atoms with Gasteiger partial charge in [-0.1, -0.05) is 6.92 Å². The van der Waals surface area contributed by atoms with Gasteiger partial charge >= 0.3 is 0 Å². The maximum Gasteiger partial charge on any atom is 0.263 e. The van der Waals surface area contributed by atoms with Gasteiger partial charge in [-0.2, -0.15) is 0 Å². The van der Waals surface area contributed by atoms with Crippen LogP contribution < -0.4 is 0 Å². The van der Waals surface area contributed by atoms with Crippen LogP contribution in [0.5, 0.6) is 0 Å². The van der Waals surface area contributed by atoms with Gasteiger partial charge in [0.2, 0.25) is 0 Å². The molecule has 1 rings (SSSR count). The molecule has 1 atom stereocenters. The van der Waals surface area contributed by atoms with Crippen LogP contribution in [-0.2, 0) is 6.42 Å². The van der Waals surface area contributed by atoms with Gasteiger partial charge in [0.25, 0.3) is 5.91 Å². The Labute approximate surface area is 101 Å². The van der Waals surface area contributed by atoms with Crippen LogP contribution in [0.4, 0.5) is 0 Å². The molecule has 1 N–H and O–H groups in total. The number of aliphatic hydroxyl groups excluding tert-OH is 1. The monoisotopic (exact) mass is 241 g/mol. The molecule has 0 aliphatic heterocycles. The van der Waals surface area contributed by atoms with Crippen molar-refractivity contribution in [2.75, 3.05) is 13.6 Å². The van der Waals surface area contributed by atoms with Crippen LogP contribution in [0.1, 0.15) is 35.5 Å². The number of carbonyl (C=O) groups is 1. The van der Waals surface area contributed by atoms with E-state index in [1.807, 2.05) is 11.4 Å². The number of nitrogens with zero attached hydrogens (tertiary/aromatic N) is 1. The summed E-state index contributed by atoms with van der Waals surface area (Å²) in [5, 5.41) is 11.1. The second kappa shape index (κ2) is 6.01. The zero-order valence-electron chi connectivity index (χ0n) is 10.1. The maximum atomic E-state index is 12.1. The first-order chi connectivity index (χ1) is 7.56. The van der Waals surface area contributed by atoms with Crippen molar-refractivity contribution in [1.82, 2.24) is 4.90 Å². The fourth-order valence-corrected chi connectivity index (χ4v) is 2.45. The van der Waals surface area contributed by atoms with Crippen LogP contribution in [0.3, 0.4) is 0 Å². The highest BCUT2D eigenvalue weighted by Crippen LogP contribution is 2.19. The molecule has 0 aliphatic rings. The fraction of sp³-hybridized carbons (Fsp3) is 0.583. The number of aryl methyl sites for hydroxylation is 1. The molecule has 0 saturated heterocycles. The van der Waals surface area contributed by atoms with Crippen molar-refractivity contribution < 1.29 is 9.90 Å². The summed E-state index contributed by atoms with van der Waals surface area (Å²) < 4.78 is 0. The Morgan fingerprint density at radius 3 is 2.88 bits per heavy atom. The van der Waals surface area contributed by atoms with Gasteiger partial charge in [-0.25, -0.2) is 0 Å². The first-order valence-corrected chi connectivity index (χ1v) is 6.44. The zero-order chi connectivity index (χ0) is 12.1. The topological polar surface area (TPSA) is 40.5 Å². The number of amides is 1. The number of rotatable bonds is 5. The minimum absolute atomic E-state index is 0.0625. The van der Waals surface area contributed by atoms with E-state index in [2.05, 4.69) is 6.92 Å². The second-order valence-corrected chi connectivity index (χ2v) is 4.91. The Balaban J connectivity index is 2.63. The molecule has 1 heterocycles. The highest BCUT2D eigenvalue weighted by molar-refractivity contribution is 7.12. The maximum absolute atomic E-state index is 12.1. The molecule has 1 unspecified atom stereocenters. The van der Waals surface area contributed by atoms with E-state index in [0.717, 1.165) is 16.9 Å². The summed E-state index contributed by atoms with van der Waals surface area (Å²) in [6.07, 6.45) is 1.15. The molecule has 0 fully saturated rings. The Morgan fingerprint density at radius 2 is 2.31 bits per heavy atom. The minimum atomic E-state index is -0.357. The molecular weight excluding hydrogens is 222 g/mol. The highest BCUT2D eigenvalue weighted by atomic mass is 32.1. The number of aliphatic hydroxyl groups is 1. The molecule has 1 aromatic rings. The zero-order valence-corrected chi connectivity index (χ0v) is 10.9. The summed E-state index contributed by atoms with van der Waals surface area (Å²) in [5.41, 5.74) is 1.11. The fourth-order valence-electron chi connectivity index (χ4n) is 1.46. The molecular formula is C12H19NO2S. The van der Waals surface area contributed by atoms with Crippen LogP contribution >= 0.6 is 11.3 Å². The average molecular weight is 241 g/mol. The first-order valence-electron chi connectivity index (χ1n) is 5.56. The predicted molar refractivity (Wildman–Crippen MR) is 67.0 cm³/mol. The van der Waals surface area contributed by atoms with Crippen LogP contribution in [0, 0.1) is 0 Å². The van der Waals surface area contributed by atoms with E-state index in [9.17, 15) is 9.90 Å². The first kappa shape index (κ1) is 13.2. The molecule has 0 spiro atoms. The predicted octanol–water partition coefficient (Wildman–Crippen LogP) is 2.15. The van der Waals surface area contributed by atoms with Crippen LogP contribution in [0.25, 0.3) is 0 Å². The van der Waals surface area contributed by atoms with Gasteiger partial charge in [-0.05, 0) is 36.8 Å². The van der Waals surface area contributed by atoms with Gasteiger partial charge in [0.1, 0.15) is 0 Å². The molecule has 90 valence electrons. The lowest BCUT2D eigenvalue weighted by Crippen LogP contribution is -2.29. The molecule has 0 aromatic carbocycles. The van der Waals surface area contributed by atoms with Crippen LogP contribution in [-0.4, -0.2) is 35.6 Å². The minimum Gasteiger partial charge on any atom is -0.393 e. The van der Waals surface area contributed by atoms with Crippen molar-refractivity contribution in [3.8, 4) is 0 Å². The molecule has 1 amide bonds. The molecule has 0 radical (unpaired) electrons. The third-order valence-electron chi connectivity index (χ3n) is 2.55. The summed E-state index contributed by atoms with van der Waals surface area (Å²) >= 11 is 1.49. The van der Waals surface area contributed by atoms with Crippen molar-refractivity contribution in [1.29, 1.82) is 0 Å². The Kier molecular flexibility index (Phi) is 4.96. The Bertz CT molecular complexity index is 347. The van der Waals surface area contributed by atoms with E-state index in [0.29, 0.717) is 13.0 Å². The molecule has 0 bridgehead atoms. The number of thiophene rings is 1. The van der Waals surface area contributed by atoms with E-state index in [4.69, 9.17) is 0 Å². The normalized spacial score (nSPS) is 12.5. The second-order valence-electron chi connectivity index (χ2n) is 3.99. The van der Waals surface area contributed by atoms with Gasteiger partial charge in [0.15, 0.2) is 0 Å². The van der Waals surface area contributed by atoms with Gasteiger partial charge in [-0.15, -0.1) is 11.3 Å². The lowest BCUT2D eigenvalue weighted by molar-refractivity contribution is 0.0773. The molecule has 0 saturated carbocycles. The largest absolute Gasteiger partial charge is 0.393 e. The molecule has 0 aliphatic carbocycles. The third-order valence-corrected chi connectivity index (χ3v) is 3.50. The molecule has 1 aromatic heterocycles. The lowest BCUT2D eigenvalue weighted by atomic mass is 10.2. The number of hydrogen-bond acceptors (Lipinski definition) is 3. The summed E-state index contributed by atoms with van der Waals surface area (Å²) in [7, 11) is 1.78. The van der Waals surface area contributed by atoms with Crippen LogP contribution in [0.2, 0.25) is 0 Å². The van der Waals surface area contributed by atoms with E-state index in [1.54, 1.807) is 18.9 Å². The van der Waals surface area contributed by atoms with E-state index < -0.39 is 0 Å². The van der Waals surface area contributed by atoms with Gasteiger partial charge < -0.3 is 10.0 Å².